The summed E-state index contributed by atoms with van der Waals surface area (Å²) in [6.07, 6.45) is 2.26. The van der Waals surface area contributed by atoms with Crippen LogP contribution in [0.4, 0.5) is 63.5 Å². The molecule has 0 unspecified atom stereocenters. The molecular formula is C59H66N20OS. The van der Waals surface area contributed by atoms with Gasteiger partial charge in [0.05, 0.1) is 24.1 Å². The zero-order chi connectivity index (χ0) is 58.4. The van der Waals surface area contributed by atoms with Crippen molar-refractivity contribution in [2.45, 2.75) is 115 Å². The number of azo groups is 2. The number of aromatic nitrogens is 9. The largest absolute Gasteiger partial charge is 0.359 e. The van der Waals surface area contributed by atoms with E-state index in [0.29, 0.717) is 53.6 Å². The van der Waals surface area contributed by atoms with Gasteiger partial charge in [-0.1, -0.05) is 85.2 Å². The molecule has 8 aromatic rings. The fourth-order valence-corrected chi connectivity index (χ4v) is 11.4. The van der Waals surface area contributed by atoms with Gasteiger partial charge in [-0.25, -0.2) is 14.7 Å². The van der Waals surface area contributed by atoms with E-state index in [-0.39, 0.29) is 50.8 Å². The standard InChI is InChI=1S/C59H66N20OS/c1-31-20-34(4)45(35(5)21-31)64-52-47(38(8)26-44(63-52)75(16)49-39(9)24-33(3)25-40(49)10)67-70-54-43(28-61)50(59(12,13)14)73-79(54)58-72-71-57(81-58)78-30-42(27-60)51(74-78)69-68-48-53(65-46-36(6)22-32(2)23-37(46)7)66-56(62-15)77-19-17-18-76(55(48)77)29-41(11)80/h20-26,30H,17-19,29H2,1-16H3,(H,63,64)(H,62,65,66). The minimum Gasteiger partial charge on any atom is -0.359 e. The van der Waals surface area contributed by atoms with E-state index in [1.165, 1.54) is 21.1 Å². The summed E-state index contributed by atoms with van der Waals surface area (Å²) in [5.41, 5.74) is 14.3. The number of carbonyl (C=O) groups excluding carboxylic acids is 1. The van der Waals surface area contributed by atoms with Crippen LogP contribution in [0.25, 0.3) is 10.3 Å². The lowest BCUT2D eigenvalue weighted by atomic mass is 9.90. The summed E-state index contributed by atoms with van der Waals surface area (Å²) in [5.74, 6) is 2.42. The minimum absolute atomic E-state index is 0.00519. The molecule has 1 aliphatic heterocycles. The number of nitriles is 2. The van der Waals surface area contributed by atoms with Crippen LogP contribution in [0.15, 0.2) is 74.1 Å². The smallest absolute Gasteiger partial charge is 0.236 e. The summed E-state index contributed by atoms with van der Waals surface area (Å²) in [5, 5.41) is 66.5. The van der Waals surface area contributed by atoms with E-state index in [1.807, 2.05) is 71.0 Å². The third-order valence-electron chi connectivity index (χ3n) is 13.9. The van der Waals surface area contributed by atoms with Crippen LogP contribution in [-0.4, -0.2) is 77.3 Å². The van der Waals surface area contributed by atoms with E-state index in [0.717, 1.165) is 84.9 Å². The zero-order valence-electron chi connectivity index (χ0n) is 48.8. The highest BCUT2D eigenvalue weighted by atomic mass is 32.1. The van der Waals surface area contributed by atoms with E-state index in [9.17, 15) is 15.3 Å². The van der Waals surface area contributed by atoms with Gasteiger partial charge in [0, 0.05) is 44.0 Å². The van der Waals surface area contributed by atoms with Gasteiger partial charge in [-0.3, -0.25) is 9.36 Å². The molecule has 2 N–H and O–H groups in total. The Balaban J connectivity index is 1.14. The number of rotatable bonds is 14. The Labute approximate surface area is 475 Å². The number of Topliss-reactive ketones (excluding diaryl/α,β-unsaturated/α-hetero) is 1. The molecule has 0 spiro atoms. The van der Waals surface area contributed by atoms with Crippen molar-refractivity contribution in [3.8, 4) is 22.4 Å². The Morgan fingerprint density at radius 3 is 1.95 bits per heavy atom. The number of aryl methyl sites for hydroxylation is 10. The molecular weight excluding hydrogens is 1040 g/mol. The number of hydrogen-bond acceptors (Lipinski definition) is 19. The van der Waals surface area contributed by atoms with Crippen molar-refractivity contribution in [2.24, 2.45) is 25.4 Å². The number of hydrogen-bond donors (Lipinski definition) is 2. The van der Waals surface area contributed by atoms with Crippen LogP contribution in [0.2, 0.25) is 0 Å². The van der Waals surface area contributed by atoms with Crippen LogP contribution in [0.5, 0.6) is 0 Å². The number of nitrogens with zero attached hydrogens (tertiary/aromatic N) is 18. The molecule has 0 bridgehead atoms. The first-order valence-electron chi connectivity index (χ1n) is 26.6. The number of nitrogens with one attached hydrogen (secondary N) is 2. The summed E-state index contributed by atoms with van der Waals surface area (Å²) in [4.78, 5) is 32.0. The van der Waals surface area contributed by atoms with Crippen molar-refractivity contribution >= 4 is 80.6 Å². The Bertz CT molecular complexity index is 3990. The molecule has 21 nitrogen and oxygen atoms in total. The molecule has 0 saturated heterocycles. The first-order valence-corrected chi connectivity index (χ1v) is 27.4. The molecule has 0 saturated carbocycles. The zero-order valence-corrected chi connectivity index (χ0v) is 49.6. The lowest BCUT2D eigenvalue weighted by Crippen LogP contribution is -2.38. The van der Waals surface area contributed by atoms with Crippen molar-refractivity contribution in [2.75, 3.05) is 47.6 Å². The average Bonchev–Trinajstić information content (AvgIpc) is 4.38. The Morgan fingerprint density at radius 1 is 0.741 bits per heavy atom. The van der Waals surface area contributed by atoms with Crippen molar-refractivity contribution in [1.82, 2.24) is 44.3 Å². The van der Waals surface area contributed by atoms with Gasteiger partial charge >= 0.3 is 0 Å². The van der Waals surface area contributed by atoms with Gasteiger partial charge in [-0.15, -0.1) is 35.8 Å². The fraction of sp³-hybridized carbons (Fsp3) is 0.356. The lowest BCUT2D eigenvalue weighted by Gasteiger charge is -2.33. The minimum atomic E-state index is -0.602. The van der Waals surface area contributed by atoms with Crippen molar-refractivity contribution in [3.05, 3.63) is 127 Å². The van der Waals surface area contributed by atoms with E-state index < -0.39 is 5.41 Å². The van der Waals surface area contributed by atoms with Crippen LogP contribution in [-0.2, 0) is 16.8 Å². The molecule has 0 aliphatic carbocycles. The highest BCUT2D eigenvalue weighted by Gasteiger charge is 2.31. The number of fused-ring (bicyclic) bond motifs is 1. The summed E-state index contributed by atoms with van der Waals surface area (Å²) in [7, 11) is 3.80. The number of benzene rings is 3. The lowest BCUT2D eigenvalue weighted by molar-refractivity contribution is -0.115. The number of anilines is 6. The molecule has 5 aromatic heterocycles. The molecule has 0 radical (unpaired) electrons. The second-order valence-corrected chi connectivity index (χ2v) is 22.8. The monoisotopic (exact) mass is 1100 g/mol. The van der Waals surface area contributed by atoms with Gasteiger partial charge in [-0.05, 0) is 128 Å². The van der Waals surface area contributed by atoms with Crippen LogP contribution >= 0.6 is 11.3 Å². The Hall–Kier alpha value is -9.28. The second kappa shape index (κ2) is 22.5. The first-order chi connectivity index (χ1) is 38.5. The van der Waals surface area contributed by atoms with Gasteiger partial charge in [0.2, 0.25) is 22.0 Å². The Kier molecular flexibility index (Phi) is 15.6. The van der Waals surface area contributed by atoms with Gasteiger partial charge in [0.15, 0.2) is 22.8 Å². The molecule has 9 rings (SSSR count). The molecule has 3 aromatic carbocycles. The summed E-state index contributed by atoms with van der Waals surface area (Å²) in [6.45, 7) is 29.2. The quantitative estimate of drug-likeness (QED) is 0.0963. The molecule has 0 fully saturated rings. The molecule has 22 heteroatoms. The van der Waals surface area contributed by atoms with Crippen LogP contribution < -0.4 is 25.9 Å². The number of ketones is 1. The number of pyridine rings is 1. The molecule has 0 atom stereocenters. The van der Waals surface area contributed by atoms with Gasteiger partial charge in [0.25, 0.3) is 0 Å². The second-order valence-electron chi connectivity index (χ2n) is 21.9. The molecule has 1 aliphatic rings. The first kappa shape index (κ1) is 56.4. The molecule has 81 heavy (non-hydrogen) atoms. The topological polar surface area (TPSA) is 249 Å². The SMILES string of the molecule is CNc1nc(=Nc2c(C)cc(C)cc2C)c(N=Nc2nn(-c3nnc(-n4nc(C(C)(C)C)c(C#N)c4N=Nc4c(C)cc(N(C)c5c(C)cc(C)cc5C)nc4Nc4c(C)cc(C)cc4C)s3)cc2C#N)c2n1CCCN2CC(C)=O. The molecule has 414 valence electrons. The van der Waals surface area contributed by atoms with Crippen LogP contribution in [0, 0.1) is 91.9 Å². The van der Waals surface area contributed by atoms with Gasteiger partial charge < -0.3 is 20.4 Å². The van der Waals surface area contributed by atoms with Crippen LogP contribution in [0.3, 0.4) is 0 Å². The predicted octanol–water partition coefficient (Wildman–Crippen LogP) is 13.0. The molecule has 0 amide bonds. The average molecular weight is 1100 g/mol. The summed E-state index contributed by atoms with van der Waals surface area (Å²) < 4.78 is 4.83. The highest BCUT2D eigenvalue weighted by Crippen LogP contribution is 2.42. The maximum absolute atomic E-state index is 12.7. The molecule has 6 heterocycles. The fourth-order valence-electron chi connectivity index (χ4n) is 10.6. The van der Waals surface area contributed by atoms with E-state index in [2.05, 4.69) is 121 Å². The third kappa shape index (κ3) is 11.3. The van der Waals surface area contributed by atoms with E-state index in [1.54, 1.807) is 14.0 Å². The number of carbonyl (C=O) groups is 1. The van der Waals surface area contributed by atoms with Gasteiger partial charge in [-0.2, -0.15) is 25.3 Å². The maximum atomic E-state index is 12.7. The van der Waals surface area contributed by atoms with Crippen molar-refractivity contribution in [3.63, 3.8) is 0 Å². The highest BCUT2D eigenvalue weighted by molar-refractivity contribution is 7.16. The van der Waals surface area contributed by atoms with Crippen molar-refractivity contribution < 1.29 is 4.79 Å². The third-order valence-corrected chi connectivity index (χ3v) is 14.8. The summed E-state index contributed by atoms with van der Waals surface area (Å²) in [6, 6.07) is 19.2. The Morgan fingerprint density at radius 2 is 1.35 bits per heavy atom. The van der Waals surface area contributed by atoms with Crippen LogP contribution in [0.1, 0.15) is 107 Å². The normalized spacial score (nSPS) is 12.8. The van der Waals surface area contributed by atoms with Gasteiger partial charge in [0.1, 0.15) is 46.4 Å². The predicted molar refractivity (Wildman–Crippen MR) is 317 cm³/mol. The van der Waals surface area contributed by atoms with Crippen molar-refractivity contribution in [1.29, 1.82) is 10.5 Å². The summed E-state index contributed by atoms with van der Waals surface area (Å²) >= 11 is 1.10. The van der Waals surface area contributed by atoms with E-state index >= 15 is 0 Å². The maximum Gasteiger partial charge on any atom is 0.236 e. The van der Waals surface area contributed by atoms with E-state index in [4.69, 9.17) is 40.5 Å².